The molecule has 4 N–H and O–H groups in total. The van der Waals surface area contributed by atoms with Crippen LogP contribution in [-0.2, 0) is 20.0 Å². The van der Waals surface area contributed by atoms with E-state index in [1.165, 1.54) is 42.5 Å². The van der Waals surface area contributed by atoms with Gasteiger partial charge in [-0.25, -0.2) is 27.0 Å². The van der Waals surface area contributed by atoms with Crippen molar-refractivity contribution in [1.82, 2.24) is 10.1 Å². The molecule has 0 saturated carbocycles. The summed E-state index contributed by atoms with van der Waals surface area (Å²) in [5.41, 5.74) is 3.53. The Balaban J connectivity index is 1.74. The third-order valence-corrected chi connectivity index (χ3v) is 8.73. The molecule has 0 bridgehead atoms. The highest BCUT2D eigenvalue weighted by Crippen LogP contribution is 2.23. The second-order valence-electron chi connectivity index (χ2n) is 6.87. The number of benzene rings is 2. The molecule has 0 aliphatic heterocycles. The molecule has 0 atom stereocenters. The van der Waals surface area contributed by atoms with Crippen molar-refractivity contribution in [3.8, 4) is 0 Å². The summed E-state index contributed by atoms with van der Waals surface area (Å²) in [6, 6.07) is 15.0. The van der Waals surface area contributed by atoms with Crippen molar-refractivity contribution in [2.75, 3.05) is 17.9 Å². The lowest BCUT2D eigenvalue weighted by molar-refractivity contribution is 0.0955. The Morgan fingerprint density at radius 1 is 0.971 bits per heavy atom. The molecule has 0 fully saturated rings. The summed E-state index contributed by atoms with van der Waals surface area (Å²) >= 11 is 1.06. The molecule has 3 rings (SSSR count). The van der Waals surface area contributed by atoms with Gasteiger partial charge in [-0.05, 0) is 48.2 Å². The van der Waals surface area contributed by atoms with E-state index in [9.17, 15) is 21.6 Å². The molecular weight excluding hydrogens is 500 g/mol. The van der Waals surface area contributed by atoms with E-state index < -0.39 is 26.0 Å². The van der Waals surface area contributed by atoms with E-state index in [0.29, 0.717) is 11.3 Å². The highest BCUT2D eigenvalue weighted by Gasteiger charge is 2.19. The molecule has 0 radical (unpaired) electrons. The first kappa shape index (κ1) is 25.5. The van der Waals surface area contributed by atoms with Crippen molar-refractivity contribution in [2.45, 2.75) is 16.0 Å². The minimum absolute atomic E-state index is 0.0217. The molecule has 34 heavy (non-hydrogen) atoms. The number of hydrogen-bond donors (Lipinski definition) is 4. The Kier molecular flexibility index (Phi) is 8.17. The van der Waals surface area contributed by atoms with E-state index in [1.54, 1.807) is 30.5 Å². The summed E-state index contributed by atoms with van der Waals surface area (Å²) in [5, 5.41) is 14.5. The molecule has 1 aromatic heterocycles. The van der Waals surface area contributed by atoms with Gasteiger partial charge in [0, 0.05) is 6.54 Å². The predicted octanol–water partition coefficient (Wildman–Crippen LogP) is 1.97. The Morgan fingerprint density at radius 2 is 1.68 bits per heavy atom. The van der Waals surface area contributed by atoms with Crippen LogP contribution in [0.4, 0.5) is 5.69 Å². The van der Waals surface area contributed by atoms with Crippen LogP contribution in [0, 0.1) is 0 Å². The SMILES string of the molecule is CC(=NNC(=O)c1ccccc1NS(=O)(=O)c1cccs1)c1ccc(S(=O)(=O)NCCO)cc1. The molecule has 3 aromatic rings. The minimum atomic E-state index is -3.84. The molecule has 13 heteroatoms. The highest BCUT2D eigenvalue weighted by molar-refractivity contribution is 7.94. The molecular formula is C21H22N4O6S3. The van der Waals surface area contributed by atoms with Gasteiger partial charge in [0.2, 0.25) is 10.0 Å². The summed E-state index contributed by atoms with van der Waals surface area (Å²) in [7, 11) is -7.58. The summed E-state index contributed by atoms with van der Waals surface area (Å²) in [4.78, 5) is 12.7. The lowest BCUT2D eigenvalue weighted by atomic mass is 10.1. The van der Waals surface area contributed by atoms with E-state index in [4.69, 9.17) is 5.11 Å². The summed E-state index contributed by atoms with van der Waals surface area (Å²) in [5.74, 6) is -0.628. The number of carbonyl (C=O) groups excluding carboxylic acids is 1. The largest absolute Gasteiger partial charge is 0.395 e. The van der Waals surface area contributed by atoms with Crippen LogP contribution in [0.25, 0.3) is 0 Å². The molecule has 0 saturated heterocycles. The molecule has 0 spiro atoms. The van der Waals surface area contributed by atoms with Gasteiger partial charge in [0.1, 0.15) is 4.21 Å². The number of anilines is 1. The van der Waals surface area contributed by atoms with Crippen molar-refractivity contribution in [3.63, 3.8) is 0 Å². The molecule has 1 amide bonds. The van der Waals surface area contributed by atoms with Crippen LogP contribution in [0.1, 0.15) is 22.8 Å². The number of hydrazone groups is 1. The summed E-state index contributed by atoms with van der Waals surface area (Å²) < 4.78 is 54.0. The Morgan fingerprint density at radius 3 is 2.32 bits per heavy atom. The first-order valence-corrected chi connectivity index (χ1v) is 13.7. The summed E-state index contributed by atoms with van der Waals surface area (Å²) in [6.07, 6.45) is 0. The number of amides is 1. The van der Waals surface area contributed by atoms with Gasteiger partial charge in [0.25, 0.3) is 15.9 Å². The molecule has 1 heterocycles. The fourth-order valence-corrected chi connectivity index (χ4v) is 5.87. The minimum Gasteiger partial charge on any atom is -0.395 e. The van der Waals surface area contributed by atoms with Gasteiger partial charge >= 0.3 is 0 Å². The normalized spacial score (nSPS) is 12.4. The number of para-hydroxylation sites is 1. The van der Waals surface area contributed by atoms with E-state index in [2.05, 4.69) is 20.0 Å². The van der Waals surface area contributed by atoms with Gasteiger partial charge in [0.15, 0.2) is 0 Å². The maximum Gasteiger partial charge on any atom is 0.273 e. The van der Waals surface area contributed by atoms with Gasteiger partial charge < -0.3 is 5.11 Å². The maximum atomic E-state index is 12.7. The average Bonchev–Trinajstić information content (AvgIpc) is 3.37. The van der Waals surface area contributed by atoms with Crippen LogP contribution < -0.4 is 14.9 Å². The van der Waals surface area contributed by atoms with Crippen molar-refractivity contribution < 1.29 is 26.7 Å². The number of carbonyl (C=O) groups is 1. The van der Waals surface area contributed by atoms with Gasteiger partial charge in [-0.2, -0.15) is 5.10 Å². The topological polar surface area (TPSA) is 154 Å². The predicted molar refractivity (Wildman–Crippen MR) is 130 cm³/mol. The van der Waals surface area contributed by atoms with Crippen LogP contribution in [-0.4, -0.2) is 46.7 Å². The lowest BCUT2D eigenvalue weighted by Crippen LogP contribution is -2.26. The van der Waals surface area contributed by atoms with E-state index >= 15 is 0 Å². The van der Waals surface area contributed by atoms with Crippen LogP contribution in [0.5, 0.6) is 0 Å². The van der Waals surface area contributed by atoms with Crippen LogP contribution in [0.3, 0.4) is 0 Å². The molecule has 180 valence electrons. The van der Waals surface area contributed by atoms with Gasteiger partial charge in [-0.1, -0.05) is 30.3 Å². The smallest absolute Gasteiger partial charge is 0.273 e. The number of nitrogens with zero attached hydrogens (tertiary/aromatic N) is 1. The second-order valence-corrected chi connectivity index (χ2v) is 11.5. The molecule has 0 aliphatic carbocycles. The number of sulfonamides is 2. The average molecular weight is 523 g/mol. The Hall–Kier alpha value is -3.10. The number of nitrogens with one attached hydrogen (secondary N) is 3. The lowest BCUT2D eigenvalue weighted by Gasteiger charge is -2.11. The highest BCUT2D eigenvalue weighted by atomic mass is 32.2. The van der Waals surface area contributed by atoms with Crippen molar-refractivity contribution in [1.29, 1.82) is 0 Å². The Labute approximate surface area is 201 Å². The zero-order valence-corrected chi connectivity index (χ0v) is 20.4. The fraction of sp³-hybridized carbons (Fsp3) is 0.143. The van der Waals surface area contributed by atoms with E-state index in [-0.39, 0.29) is 33.5 Å². The van der Waals surface area contributed by atoms with Gasteiger partial charge in [-0.3, -0.25) is 9.52 Å². The first-order valence-electron chi connectivity index (χ1n) is 9.85. The zero-order valence-electron chi connectivity index (χ0n) is 17.9. The van der Waals surface area contributed by atoms with Gasteiger partial charge in [0.05, 0.1) is 28.5 Å². The van der Waals surface area contributed by atoms with Gasteiger partial charge in [-0.15, -0.1) is 11.3 Å². The van der Waals surface area contributed by atoms with Crippen LogP contribution in [0.2, 0.25) is 0 Å². The van der Waals surface area contributed by atoms with Crippen molar-refractivity contribution >= 4 is 48.7 Å². The van der Waals surface area contributed by atoms with Crippen LogP contribution in [0.15, 0.2) is 80.2 Å². The maximum absolute atomic E-state index is 12.7. The summed E-state index contributed by atoms with van der Waals surface area (Å²) in [6.45, 7) is 1.21. The standard InChI is InChI=1S/C21H22N4O6S3/c1-15(16-8-10-17(11-9-16)33(28,29)22-12-13-26)23-24-21(27)18-5-2-3-6-19(18)25-34(30,31)20-7-4-14-32-20/h2-11,14,22,25-26H,12-13H2,1H3,(H,24,27). The number of aliphatic hydroxyl groups excluding tert-OH is 1. The third kappa shape index (κ3) is 6.27. The van der Waals surface area contributed by atoms with Crippen LogP contribution >= 0.6 is 11.3 Å². The van der Waals surface area contributed by atoms with E-state index in [0.717, 1.165) is 11.3 Å². The number of rotatable bonds is 10. The molecule has 0 aliphatic rings. The van der Waals surface area contributed by atoms with Crippen molar-refractivity contribution in [3.05, 3.63) is 77.2 Å². The first-order chi connectivity index (χ1) is 16.1. The second kappa shape index (κ2) is 10.9. The quantitative estimate of drug-likeness (QED) is 0.236. The third-order valence-electron chi connectivity index (χ3n) is 4.49. The molecule has 10 nitrogen and oxygen atoms in total. The number of hydrogen-bond acceptors (Lipinski definition) is 8. The number of aliphatic hydroxyl groups is 1. The van der Waals surface area contributed by atoms with E-state index in [1.807, 2.05) is 0 Å². The monoisotopic (exact) mass is 522 g/mol. The number of thiophene rings is 1. The Bertz CT molecular complexity index is 1380. The molecule has 2 aromatic carbocycles. The zero-order chi connectivity index (χ0) is 24.8. The fourth-order valence-electron chi connectivity index (χ4n) is 2.78. The molecule has 0 unspecified atom stereocenters. The van der Waals surface area contributed by atoms with Crippen molar-refractivity contribution in [2.24, 2.45) is 5.10 Å².